The first-order chi connectivity index (χ1) is 13.3. The largest absolute Gasteiger partial charge is 0.507 e. The van der Waals surface area contributed by atoms with E-state index in [1.54, 1.807) is 43.3 Å². The molecule has 7 heteroatoms. The van der Waals surface area contributed by atoms with Crippen LogP contribution >= 0.6 is 15.9 Å². The van der Waals surface area contributed by atoms with Gasteiger partial charge in [-0.1, -0.05) is 28.1 Å². The molecular weight excluding hydrogens is 424 g/mol. The van der Waals surface area contributed by atoms with E-state index in [0.29, 0.717) is 30.0 Å². The lowest BCUT2D eigenvalue weighted by atomic mass is 9.99. The van der Waals surface area contributed by atoms with Crippen molar-refractivity contribution in [3.63, 3.8) is 0 Å². The average Bonchev–Trinajstić information content (AvgIpc) is 3.18. The Bertz CT molecular complexity index is 915. The summed E-state index contributed by atoms with van der Waals surface area (Å²) in [4.78, 5) is 29.1. The van der Waals surface area contributed by atoms with Gasteiger partial charge in [-0.2, -0.15) is 0 Å². The smallest absolute Gasteiger partial charge is 0.295 e. The summed E-state index contributed by atoms with van der Waals surface area (Å²) in [5.41, 5.74) is 0.536. The summed E-state index contributed by atoms with van der Waals surface area (Å²) in [6.07, 6.45) is 0.703. The van der Waals surface area contributed by atoms with Crippen molar-refractivity contribution < 1.29 is 19.1 Å². The molecule has 0 spiro atoms. The normalized spacial score (nSPS) is 19.0. The summed E-state index contributed by atoms with van der Waals surface area (Å²) in [6, 6.07) is 9.74. The summed E-state index contributed by atoms with van der Waals surface area (Å²) in [5, 5.41) is 10.9. The molecule has 1 fully saturated rings. The maximum atomic E-state index is 12.8. The summed E-state index contributed by atoms with van der Waals surface area (Å²) < 4.78 is 6.60. The van der Waals surface area contributed by atoms with Crippen LogP contribution in [0.4, 0.5) is 0 Å². The number of benzene rings is 1. The first-order valence-electron chi connectivity index (χ1n) is 9.05. The molecule has 2 heterocycles. The van der Waals surface area contributed by atoms with Crippen molar-refractivity contribution in [3.05, 3.63) is 63.5 Å². The van der Waals surface area contributed by atoms with E-state index < -0.39 is 17.7 Å². The van der Waals surface area contributed by atoms with Crippen molar-refractivity contribution in [1.29, 1.82) is 0 Å². The highest BCUT2D eigenvalue weighted by molar-refractivity contribution is 9.10. The zero-order valence-electron chi connectivity index (χ0n) is 16.1. The zero-order valence-corrected chi connectivity index (χ0v) is 17.7. The second kappa shape index (κ2) is 8.32. The molecule has 0 bridgehead atoms. The molecule has 2 aromatic rings. The Morgan fingerprint density at radius 2 is 1.86 bits per heavy atom. The third kappa shape index (κ3) is 4.05. The quantitative estimate of drug-likeness (QED) is 0.415. The monoisotopic (exact) mass is 446 g/mol. The van der Waals surface area contributed by atoms with E-state index >= 15 is 0 Å². The predicted molar refractivity (Wildman–Crippen MR) is 110 cm³/mol. The lowest BCUT2D eigenvalue weighted by Crippen LogP contribution is -2.32. The fraction of sp³-hybridized carbons (Fsp3) is 0.333. The maximum Gasteiger partial charge on any atom is 0.295 e. The van der Waals surface area contributed by atoms with Gasteiger partial charge in [0.2, 0.25) is 0 Å². The summed E-state index contributed by atoms with van der Waals surface area (Å²) in [6.45, 7) is 2.97. The van der Waals surface area contributed by atoms with E-state index in [2.05, 4.69) is 15.9 Å². The number of halogens is 1. The van der Waals surface area contributed by atoms with E-state index in [-0.39, 0.29) is 11.3 Å². The van der Waals surface area contributed by atoms with Crippen molar-refractivity contribution in [1.82, 2.24) is 9.80 Å². The van der Waals surface area contributed by atoms with E-state index in [9.17, 15) is 14.7 Å². The second-order valence-corrected chi connectivity index (χ2v) is 8.02. The van der Waals surface area contributed by atoms with Gasteiger partial charge in [0, 0.05) is 16.6 Å². The van der Waals surface area contributed by atoms with Gasteiger partial charge < -0.3 is 19.3 Å². The van der Waals surface area contributed by atoms with Gasteiger partial charge in [0.25, 0.3) is 11.7 Å². The number of rotatable bonds is 6. The average molecular weight is 447 g/mol. The van der Waals surface area contributed by atoms with Crippen LogP contribution in [0.1, 0.15) is 29.5 Å². The van der Waals surface area contributed by atoms with Gasteiger partial charge in [0.15, 0.2) is 0 Å². The van der Waals surface area contributed by atoms with Gasteiger partial charge in [-0.05, 0) is 58.3 Å². The van der Waals surface area contributed by atoms with Crippen LogP contribution in [-0.2, 0) is 9.59 Å². The first-order valence-corrected chi connectivity index (χ1v) is 9.84. The Labute approximate surface area is 172 Å². The highest BCUT2D eigenvalue weighted by Gasteiger charge is 2.47. The van der Waals surface area contributed by atoms with Crippen LogP contribution in [0.5, 0.6) is 0 Å². The predicted octanol–water partition coefficient (Wildman–Crippen LogP) is 3.72. The minimum atomic E-state index is -0.737. The van der Waals surface area contributed by atoms with Crippen LogP contribution in [-0.4, -0.2) is 53.8 Å². The molecular formula is C21H23BrN2O4. The molecule has 0 aliphatic carbocycles. The van der Waals surface area contributed by atoms with E-state index in [1.165, 1.54) is 4.90 Å². The SMILES string of the molecule is Cc1ccc(C2/C(=C(/O)c3ccc(Br)cc3)C(=O)C(=O)N2CCCN(C)C)o1. The van der Waals surface area contributed by atoms with Crippen LogP contribution in [0.2, 0.25) is 0 Å². The Hall–Kier alpha value is -2.38. The lowest BCUT2D eigenvalue weighted by molar-refractivity contribution is -0.140. The van der Waals surface area contributed by atoms with Crippen molar-refractivity contribution in [2.24, 2.45) is 0 Å². The van der Waals surface area contributed by atoms with Gasteiger partial charge in [-0.25, -0.2) is 0 Å². The van der Waals surface area contributed by atoms with Crippen LogP contribution in [0.15, 0.2) is 50.9 Å². The molecule has 1 amide bonds. The van der Waals surface area contributed by atoms with Crippen molar-refractivity contribution in [3.8, 4) is 0 Å². The van der Waals surface area contributed by atoms with E-state index in [0.717, 1.165) is 11.0 Å². The molecule has 3 rings (SSSR count). The molecule has 1 aliphatic rings. The summed E-state index contributed by atoms with van der Waals surface area (Å²) in [7, 11) is 3.91. The van der Waals surface area contributed by atoms with Gasteiger partial charge in [-0.3, -0.25) is 9.59 Å². The number of hydrogen-bond acceptors (Lipinski definition) is 5. The third-order valence-electron chi connectivity index (χ3n) is 4.69. The van der Waals surface area contributed by atoms with Crippen LogP contribution < -0.4 is 0 Å². The molecule has 1 unspecified atom stereocenters. The molecule has 0 radical (unpaired) electrons. The number of ketones is 1. The van der Waals surface area contributed by atoms with E-state index in [1.807, 2.05) is 19.0 Å². The number of amides is 1. The zero-order chi connectivity index (χ0) is 20.4. The number of hydrogen-bond donors (Lipinski definition) is 1. The Kier molecular flexibility index (Phi) is 6.05. The topological polar surface area (TPSA) is 74.0 Å². The molecule has 148 valence electrons. The molecule has 1 atom stereocenters. The fourth-order valence-corrected chi connectivity index (χ4v) is 3.59. The minimum Gasteiger partial charge on any atom is -0.507 e. The Morgan fingerprint density at radius 1 is 1.18 bits per heavy atom. The number of carbonyl (C=O) groups excluding carboxylic acids is 2. The molecule has 1 aliphatic heterocycles. The summed E-state index contributed by atoms with van der Waals surface area (Å²) in [5.74, 6) is -0.349. The molecule has 0 saturated carbocycles. The number of nitrogens with zero attached hydrogens (tertiary/aromatic N) is 2. The highest BCUT2D eigenvalue weighted by atomic mass is 79.9. The van der Waals surface area contributed by atoms with Crippen LogP contribution in [0.25, 0.3) is 5.76 Å². The van der Waals surface area contributed by atoms with E-state index in [4.69, 9.17) is 4.42 Å². The standard InChI is InChI=1S/C21H23BrN2O4/c1-13-5-10-16(28-13)18-17(19(25)14-6-8-15(22)9-7-14)20(26)21(27)24(18)12-4-11-23(2)3/h5-10,18,25H,4,11-12H2,1-3H3/b19-17-. The number of aliphatic hydroxyl groups excluding tert-OH is 1. The summed E-state index contributed by atoms with van der Waals surface area (Å²) >= 11 is 3.35. The molecule has 6 nitrogen and oxygen atoms in total. The molecule has 1 aromatic heterocycles. The molecule has 1 saturated heterocycles. The lowest BCUT2D eigenvalue weighted by Gasteiger charge is -2.24. The van der Waals surface area contributed by atoms with Gasteiger partial charge in [-0.15, -0.1) is 0 Å². The van der Waals surface area contributed by atoms with Gasteiger partial charge >= 0.3 is 0 Å². The Balaban J connectivity index is 2.05. The Morgan fingerprint density at radius 3 is 2.43 bits per heavy atom. The number of Topliss-reactive ketones (excluding diaryl/α,β-unsaturated/α-hetero) is 1. The van der Waals surface area contributed by atoms with Crippen molar-refractivity contribution >= 4 is 33.4 Å². The molecule has 1 N–H and O–H groups in total. The molecule has 1 aromatic carbocycles. The maximum absolute atomic E-state index is 12.8. The van der Waals surface area contributed by atoms with Crippen LogP contribution in [0, 0.1) is 6.92 Å². The number of likely N-dealkylation sites (tertiary alicyclic amines) is 1. The van der Waals surface area contributed by atoms with Crippen LogP contribution in [0.3, 0.4) is 0 Å². The van der Waals surface area contributed by atoms with Crippen molar-refractivity contribution in [2.75, 3.05) is 27.2 Å². The van der Waals surface area contributed by atoms with Crippen molar-refractivity contribution in [2.45, 2.75) is 19.4 Å². The molecule has 28 heavy (non-hydrogen) atoms. The van der Waals surface area contributed by atoms with Gasteiger partial charge in [0.05, 0.1) is 5.57 Å². The second-order valence-electron chi connectivity index (χ2n) is 7.10. The fourth-order valence-electron chi connectivity index (χ4n) is 3.33. The third-order valence-corrected chi connectivity index (χ3v) is 5.22. The highest BCUT2D eigenvalue weighted by Crippen LogP contribution is 2.40. The number of aliphatic hydroxyl groups is 1. The van der Waals surface area contributed by atoms with Gasteiger partial charge in [0.1, 0.15) is 23.3 Å². The number of carbonyl (C=O) groups is 2. The minimum absolute atomic E-state index is 0.0616. The first kappa shape index (κ1) is 20.4. The number of aryl methyl sites for hydroxylation is 1. The number of furan rings is 1.